The van der Waals surface area contributed by atoms with E-state index in [0.29, 0.717) is 21.4 Å². The molecule has 0 bridgehead atoms. The molecule has 0 fully saturated rings. The highest BCUT2D eigenvalue weighted by atomic mass is 32.2. The number of hydrogen-bond acceptors (Lipinski definition) is 4. The Balaban J connectivity index is 1.97. The van der Waals surface area contributed by atoms with E-state index in [-0.39, 0.29) is 23.3 Å². The Morgan fingerprint density at radius 1 is 1.23 bits per heavy atom. The van der Waals surface area contributed by atoms with Gasteiger partial charge in [0, 0.05) is 28.2 Å². The maximum absolute atomic E-state index is 13.7. The molecule has 160 valence electrons. The van der Waals surface area contributed by atoms with Crippen molar-refractivity contribution in [1.29, 1.82) is 0 Å². The Morgan fingerprint density at radius 2 is 1.97 bits per heavy atom. The molecule has 1 N–H and O–H groups in total. The first kappa shape index (κ1) is 22.2. The number of methoxy groups -OCH3 is 1. The number of carbonyl (C=O) groups is 1. The van der Waals surface area contributed by atoms with Gasteiger partial charge in [0.2, 0.25) is 0 Å². The summed E-state index contributed by atoms with van der Waals surface area (Å²) < 4.78 is 51.8. The lowest BCUT2D eigenvalue weighted by Gasteiger charge is -2.16. The van der Waals surface area contributed by atoms with Crippen molar-refractivity contribution in [3.8, 4) is 0 Å². The van der Waals surface area contributed by atoms with Crippen molar-refractivity contribution in [2.24, 2.45) is 0 Å². The van der Waals surface area contributed by atoms with Crippen LogP contribution in [0.5, 0.6) is 0 Å². The van der Waals surface area contributed by atoms with Crippen molar-refractivity contribution in [2.45, 2.75) is 43.2 Å². The third kappa shape index (κ3) is 4.82. The maximum atomic E-state index is 13.7. The van der Waals surface area contributed by atoms with Crippen molar-refractivity contribution in [1.82, 2.24) is 0 Å². The number of hydrogen-bond donors (Lipinski definition) is 1. The third-order valence-electron chi connectivity index (χ3n) is 4.65. The first-order chi connectivity index (χ1) is 14.2. The number of thioether (sulfide) groups is 1. The third-order valence-corrected chi connectivity index (χ3v) is 5.91. The summed E-state index contributed by atoms with van der Waals surface area (Å²) in [4.78, 5) is 13.3. The van der Waals surface area contributed by atoms with Gasteiger partial charge in [-0.05, 0) is 30.7 Å². The average Bonchev–Trinajstić information content (AvgIpc) is 3.07. The number of furan rings is 1. The number of ether oxygens (including phenoxy) is 1. The first-order valence-electron chi connectivity index (χ1n) is 9.43. The van der Waals surface area contributed by atoms with Gasteiger partial charge in [-0.15, -0.1) is 11.8 Å². The van der Waals surface area contributed by atoms with E-state index in [1.807, 2.05) is 13.8 Å². The fourth-order valence-corrected chi connectivity index (χ4v) is 3.97. The van der Waals surface area contributed by atoms with Crippen LogP contribution in [0.1, 0.15) is 41.9 Å². The molecule has 1 heterocycles. The molecule has 0 saturated heterocycles. The second kappa shape index (κ2) is 9.14. The van der Waals surface area contributed by atoms with Gasteiger partial charge in [-0.2, -0.15) is 13.2 Å². The van der Waals surface area contributed by atoms with Gasteiger partial charge in [0.15, 0.2) is 5.76 Å². The summed E-state index contributed by atoms with van der Waals surface area (Å²) >= 11 is 1.36. The minimum atomic E-state index is -4.61. The summed E-state index contributed by atoms with van der Waals surface area (Å²) in [7, 11) is 1.47. The van der Waals surface area contributed by atoms with Crippen LogP contribution in [0.15, 0.2) is 51.8 Å². The van der Waals surface area contributed by atoms with Crippen molar-refractivity contribution in [3.05, 3.63) is 59.4 Å². The van der Waals surface area contributed by atoms with Gasteiger partial charge in [-0.3, -0.25) is 4.79 Å². The Kier molecular flexibility index (Phi) is 6.77. The molecule has 0 aliphatic rings. The number of benzene rings is 2. The number of para-hydroxylation sites is 1. The van der Waals surface area contributed by atoms with Crippen LogP contribution in [0.2, 0.25) is 0 Å². The van der Waals surface area contributed by atoms with Crippen LogP contribution in [0, 0.1) is 0 Å². The molecule has 30 heavy (non-hydrogen) atoms. The molecule has 1 amide bonds. The van der Waals surface area contributed by atoms with Crippen LogP contribution < -0.4 is 5.32 Å². The maximum Gasteiger partial charge on any atom is 0.418 e. The number of rotatable bonds is 7. The second-order valence-electron chi connectivity index (χ2n) is 6.83. The number of amides is 1. The largest absolute Gasteiger partial charge is 0.451 e. The summed E-state index contributed by atoms with van der Waals surface area (Å²) in [6, 6.07) is 10.9. The quantitative estimate of drug-likeness (QED) is 0.416. The zero-order valence-corrected chi connectivity index (χ0v) is 17.6. The zero-order valence-electron chi connectivity index (χ0n) is 16.8. The summed E-state index contributed by atoms with van der Waals surface area (Å²) in [6.07, 6.45) is -3.78. The van der Waals surface area contributed by atoms with Gasteiger partial charge in [0.25, 0.3) is 5.91 Å². The van der Waals surface area contributed by atoms with Gasteiger partial charge >= 0.3 is 6.18 Å². The molecule has 1 atom stereocenters. The van der Waals surface area contributed by atoms with E-state index < -0.39 is 17.6 Å². The minimum absolute atomic E-state index is 0.0655. The van der Waals surface area contributed by atoms with E-state index in [1.54, 1.807) is 30.3 Å². The molecule has 2 aromatic carbocycles. The molecule has 0 saturated carbocycles. The van der Waals surface area contributed by atoms with E-state index >= 15 is 0 Å². The molecule has 3 aromatic rings. The Morgan fingerprint density at radius 3 is 2.63 bits per heavy atom. The molecule has 4 nitrogen and oxygen atoms in total. The van der Waals surface area contributed by atoms with E-state index in [2.05, 4.69) is 5.32 Å². The van der Waals surface area contributed by atoms with E-state index in [0.717, 1.165) is 12.5 Å². The number of fused-ring (bicyclic) bond motifs is 1. The lowest BCUT2D eigenvalue weighted by molar-refractivity contribution is -0.137. The first-order valence-corrected chi connectivity index (χ1v) is 10.3. The number of alkyl halides is 3. The summed E-state index contributed by atoms with van der Waals surface area (Å²) in [5.74, 6) is -0.824. The average molecular weight is 437 g/mol. The summed E-state index contributed by atoms with van der Waals surface area (Å²) in [6.45, 7) is 4.02. The van der Waals surface area contributed by atoms with E-state index in [9.17, 15) is 18.0 Å². The molecule has 3 rings (SSSR count). The predicted octanol–water partition coefficient (Wildman–Crippen LogP) is 6.74. The number of carbonyl (C=O) groups excluding carboxylic acids is 1. The smallest absolute Gasteiger partial charge is 0.418 e. The molecule has 0 aliphatic heterocycles. The zero-order chi connectivity index (χ0) is 21.9. The van der Waals surface area contributed by atoms with Gasteiger partial charge in [0.1, 0.15) is 5.58 Å². The van der Waals surface area contributed by atoms with Gasteiger partial charge < -0.3 is 14.5 Å². The Hall–Kier alpha value is -2.45. The topological polar surface area (TPSA) is 51.5 Å². The molecule has 1 aromatic heterocycles. The predicted molar refractivity (Wildman–Crippen MR) is 112 cm³/mol. The monoisotopic (exact) mass is 437 g/mol. The molecular formula is C22H22F3NO3S. The van der Waals surface area contributed by atoms with Crippen LogP contribution >= 0.6 is 11.8 Å². The highest BCUT2D eigenvalue weighted by Crippen LogP contribution is 2.39. The minimum Gasteiger partial charge on any atom is -0.451 e. The normalized spacial score (nSPS) is 12.9. The summed E-state index contributed by atoms with van der Waals surface area (Å²) in [5, 5.41) is 3.23. The lowest BCUT2D eigenvalue weighted by Crippen LogP contribution is -2.17. The number of anilines is 1. The van der Waals surface area contributed by atoms with Gasteiger partial charge in [-0.25, -0.2) is 0 Å². The molecule has 0 radical (unpaired) electrons. The van der Waals surface area contributed by atoms with Crippen LogP contribution in [0.4, 0.5) is 18.9 Å². The standard InChI is InChI=1S/C22H22F3NO3S/c1-4-13(2)30-14-9-10-18(17(11-14)22(23,24)25)26-21(27)20-16(12-28-3)15-7-5-6-8-19(15)29-20/h5-11,13H,4,12H2,1-3H3,(H,26,27). The van der Waals surface area contributed by atoms with Crippen molar-refractivity contribution >= 4 is 34.3 Å². The van der Waals surface area contributed by atoms with Crippen LogP contribution in [0.25, 0.3) is 11.0 Å². The van der Waals surface area contributed by atoms with Crippen LogP contribution in [-0.2, 0) is 17.5 Å². The van der Waals surface area contributed by atoms with E-state index in [1.165, 1.54) is 24.9 Å². The summed E-state index contributed by atoms with van der Waals surface area (Å²) in [5.41, 5.74) is -0.257. The molecular weight excluding hydrogens is 415 g/mol. The second-order valence-corrected chi connectivity index (χ2v) is 8.35. The fourth-order valence-electron chi connectivity index (χ4n) is 3.00. The van der Waals surface area contributed by atoms with Gasteiger partial charge in [-0.1, -0.05) is 32.0 Å². The van der Waals surface area contributed by atoms with E-state index in [4.69, 9.17) is 9.15 Å². The Labute approximate surface area is 176 Å². The highest BCUT2D eigenvalue weighted by molar-refractivity contribution is 7.99. The van der Waals surface area contributed by atoms with Crippen LogP contribution in [-0.4, -0.2) is 18.3 Å². The van der Waals surface area contributed by atoms with Gasteiger partial charge in [0.05, 0.1) is 17.9 Å². The van der Waals surface area contributed by atoms with Crippen LogP contribution in [0.3, 0.4) is 0 Å². The lowest BCUT2D eigenvalue weighted by atomic mass is 10.1. The molecule has 0 aliphatic carbocycles. The van der Waals surface area contributed by atoms with Crippen molar-refractivity contribution in [3.63, 3.8) is 0 Å². The fraction of sp³-hybridized carbons (Fsp3) is 0.318. The highest BCUT2D eigenvalue weighted by Gasteiger charge is 2.35. The number of nitrogens with one attached hydrogen (secondary N) is 1. The van der Waals surface area contributed by atoms with Crippen molar-refractivity contribution < 1.29 is 27.1 Å². The number of halogens is 3. The Bertz CT molecular complexity index is 1050. The van der Waals surface area contributed by atoms with Crippen molar-refractivity contribution in [2.75, 3.05) is 12.4 Å². The molecule has 8 heteroatoms. The SMILES string of the molecule is CCC(C)Sc1ccc(NC(=O)c2oc3ccccc3c2COC)c(C(F)(F)F)c1. The molecule has 1 unspecified atom stereocenters. The molecule has 0 spiro atoms.